The third-order valence-electron chi connectivity index (χ3n) is 4.74. The lowest BCUT2D eigenvalue weighted by molar-refractivity contribution is -0.0493. The van der Waals surface area contributed by atoms with E-state index in [-0.39, 0.29) is 6.61 Å². The van der Waals surface area contributed by atoms with Crippen LogP contribution < -0.4 is 0 Å². The summed E-state index contributed by atoms with van der Waals surface area (Å²) in [6, 6.07) is 0. The highest BCUT2D eigenvalue weighted by atomic mass is 28.4. The van der Waals surface area contributed by atoms with Gasteiger partial charge in [-0.3, -0.25) is 0 Å². The molecule has 0 aromatic rings. The molecule has 0 saturated carbocycles. The number of aliphatic hydroxyl groups excluding tert-OH is 1. The third-order valence-corrected chi connectivity index (χ3v) is 10.8. The average molecular weight is 313 g/mol. The van der Waals surface area contributed by atoms with Crippen LogP contribution in [0.25, 0.3) is 0 Å². The van der Waals surface area contributed by atoms with Crippen LogP contribution in [0, 0.1) is 19.0 Å². The molecule has 0 spiro atoms. The van der Waals surface area contributed by atoms with Crippen molar-refractivity contribution >= 4 is 8.32 Å². The summed E-state index contributed by atoms with van der Waals surface area (Å²) < 4.78 is 11.7. The minimum Gasteiger partial charge on any atom is -0.413 e. The van der Waals surface area contributed by atoms with Gasteiger partial charge < -0.3 is 19.4 Å². The molecule has 0 unspecified atom stereocenters. The van der Waals surface area contributed by atoms with Crippen LogP contribution in [0.5, 0.6) is 0 Å². The first-order valence-corrected chi connectivity index (χ1v) is 9.77. The van der Waals surface area contributed by atoms with Gasteiger partial charge in [-0.1, -0.05) is 47.5 Å². The standard InChI is InChI=1S/C16H29O4Si/c1-8-16(18)14(17)9-19-15(16)10-20-21(11(2)3,12(4)5)13(6)7/h1,9,11-15,17-18H,10H2,2-7H3/t14-,15+,16-/m0/s1. The van der Waals surface area contributed by atoms with Gasteiger partial charge in [0.1, 0.15) is 18.8 Å². The van der Waals surface area contributed by atoms with Crippen molar-refractivity contribution in [3.8, 4) is 12.3 Å². The molecule has 1 radical (unpaired) electrons. The third kappa shape index (κ3) is 3.20. The van der Waals surface area contributed by atoms with E-state index in [2.05, 4.69) is 47.5 Å². The van der Waals surface area contributed by atoms with Gasteiger partial charge in [0.2, 0.25) is 0 Å². The molecule has 1 fully saturated rings. The van der Waals surface area contributed by atoms with Gasteiger partial charge in [0.05, 0.1) is 6.61 Å². The van der Waals surface area contributed by atoms with E-state index < -0.39 is 26.1 Å². The molecule has 0 amide bonds. The smallest absolute Gasteiger partial charge is 0.200 e. The minimum absolute atomic E-state index is 0.203. The highest BCUT2D eigenvalue weighted by molar-refractivity contribution is 6.77. The summed E-state index contributed by atoms with van der Waals surface area (Å²) in [6.45, 7) is 14.5. The predicted molar refractivity (Wildman–Crippen MR) is 86.0 cm³/mol. The van der Waals surface area contributed by atoms with Crippen molar-refractivity contribution in [2.75, 3.05) is 6.61 Å². The van der Waals surface area contributed by atoms with Crippen molar-refractivity contribution in [1.29, 1.82) is 0 Å². The molecule has 0 aromatic heterocycles. The summed E-state index contributed by atoms with van der Waals surface area (Å²) in [5.41, 5.74) is -0.393. The van der Waals surface area contributed by atoms with Crippen molar-refractivity contribution in [3.63, 3.8) is 0 Å². The fourth-order valence-corrected chi connectivity index (χ4v) is 9.07. The molecule has 0 aromatic carbocycles. The van der Waals surface area contributed by atoms with Crippen LogP contribution in [0.1, 0.15) is 41.5 Å². The Bertz CT molecular complexity index is 366. The molecule has 5 heteroatoms. The van der Waals surface area contributed by atoms with Gasteiger partial charge in [-0.05, 0) is 16.6 Å². The van der Waals surface area contributed by atoms with E-state index >= 15 is 0 Å². The van der Waals surface area contributed by atoms with Gasteiger partial charge in [-0.25, -0.2) is 0 Å². The van der Waals surface area contributed by atoms with Crippen molar-refractivity contribution in [1.82, 2.24) is 0 Å². The normalized spacial score (nSPS) is 30.4. The zero-order valence-electron chi connectivity index (χ0n) is 14.0. The summed E-state index contributed by atoms with van der Waals surface area (Å²) in [5.74, 6) is 2.25. The number of aliphatic hydroxyl groups is 2. The summed E-state index contributed by atoms with van der Waals surface area (Å²) in [7, 11) is -2.05. The predicted octanol–water partition coefficient (Wildman–Crippen LogP) is 2.46. The van der Waals surface area contributed by atoms with Crippen LogP contribution in [0.4, 0.5) is 0 Å². The Labute approximate surface area is 130 Å². The number of ether oxygens (including phenoxy) is 1. The topological polar surface area (TPSA) is 58.9 Å². The van der Waals surface area contributed by atoms with Gasteiger partial charge in [0.15, 0.2) is 13.9 Å². The summed E-state index contributed by atoms with van der Waals surface area (Å²) in [6.07, 6.45) is 3.47. The SMILES string of the molecule is C#C[C@]1(O)[C@@H](O)[CH]O[C@@H]1CO[Si](C(C)C)(C(C)C)C(C)C. The first kappa shape index (κ1) is 18.7. The summed E-state index contributed by atoms with van der Waals surface area (Å²) >= 11 is 0. The van der Waals surface area contributed by atoms with Crippen molar-refractivity contribution in [2.24, 2.45) is 0 Å². The Hall–Kier alpha value is -0.383. The zero-order valence-corrected chi connectivity index (χ0v) is 15.0. The van der Waals surface area contributed by atoms with Gasteiger partial charge in [-0.2, -0.15) is 0 Å². The van der Waals surface area contributed by atoms with E-state index in [0.29, 0.717) is 16.6 Å². The maximum Gasteiger partial charge on any atom is 0.200 e. The lowest BCUT2D eigenvalue weighted by atomic mass is 9.95. The maximum atomic E-state index is 10.3. The molecule has 3 atom stereocenters. The Morgan fingerprint density at radius 3 is 2.10 bits per heavy atom. The van der Waals surface area contributed by atoms with Crippen LogP contribution in [0.15, 0.2) is 0 Å². The second kappa shape index (κ2) is 6.80. The maximum absolute atomic E-state index is 10.3. The summed E-state index contributed by atoms with van der Waals surface area (Å²) in [4.78, 5) is 0. The average Bonchev–Trinajstić information content (AvgIpc) is 2.66. The Kier molecular flexibility index (Phi) is 6.05. The van der Waals surface area contributed by atoms with Gasteiger partial charge >= 0.3 is 0 Å². The van der Waals surface area contributed by atoms with E-state index in [9.17, 15) is 10.2 Å². The van der Waals surface area contributed by atoms with Gasteiger partial charge in [0.25, 0.3) is 0 Å². The lowest BCUT2D eigenvalue weighted by Crippen LogP contribution is -2.53. The number of terminal acetylenes is 1. The second-order valence-corrected chi connectivity index (χ2v) is 12.3. The summed E-state index contributed by atoms with van der Waals surface area (Å²) in [5, 5.41) is 20.1. The first-order valence-electron chi connectivity index (χ1n) is 7.63. The highest BCUT2D eigenvalue weighted by Gasteiger charge is 2.52. The van der Waals surface area contributed by atoms with Crippen LogP contribution in [0.2, 0.25) is 16.6 Å². The Morgan fingerprint density at radius 1 is 1.24 bits per heavy atom. The van der Waals surface area contributed by atoms with Gasteiger partial charge in [0, 0.05) is 0 Å². The fraction of sp³-hybridized carbons (Fsp3) is 0.812. The molecule has 1 heterocycles. The lowest BCUT2D eigenvalue weighted by Gasteiger charge is -2.43. The molecule has 2 N–H and O–H groups in total. The number of hydrogen-bond donors (Lipinski definition) is 2. The first-order chi connectivity index (χ1) is 9.62. The van der Waals surface area contributed by atoms with E-state index in [1.807, 2.05) is 0 Å². The second-order valence-electron chi connectivity index (χ2n) is 6.80. The van der Waals surface area contributed by atoms with Crippen LogP contribution in [-0.4, -0.2) is 42.9 Å². The molecule has 1 aliphatic heterocycles. The van der Waals surface area contributed by atoms with Crippen molar-refractivity contribution < 1.29 is 19.4 Å². The Morgan fingerprint density at radius 2 is 1.71 bits per heavy atom. The van der Waals surface area contributed by atoms with Gasteiger partial charge in [-0.15, -0.1) is 6.42 Å². The molecule has 1 aliphatic rings. The Balaban J connectivity index is 2.91. The van der Waals surface area contributed by atoms with Crippen molar-refractivity contribution in [2.45, 2.75) is 76.0 Å². The van der Waals surface area contributed by atoms with E-state index in [1.165, 1.54) is 6.61 Å². The fourth-order valence-electron chi connectivity index (χ4n) is 3.63. The molecule has 21 heavy (non-hydrogen) atoms. The molecule has 0 bridgehead atoms. The quantitative estimate of drug-likeness (QED) is 0.584. The molecule has 1 saturated heterocycles. The van der Waals surface area contributed by atoms with Crippen molar-refractivity contribution in [3.05, 3.63) is 6.61 Å². The molecule has 4 nitrogen and oxygen atoms in total. The van der Waals surface area contributed by atoms with Crippen LogP contribution in [-0.2, 0) is 9.16 Å². The van der Waals surface area contributed by atoms with E-state index in [0.717, 1.165) is 0 Å². The monoisotopic (exact) mass is 313 g/mol. The molecule has 0 aliphatic carbocycles. The molecule has 1 rings (SSSR count). The highest BCUT2D eigenvalue weighted by Crippen LogP contribution is 2.43. The zero-order chi connectivity index (χ0) is 16.4. The largest absolute Gasteiger partial charge is 0.413 e. The van der Waals surface area contributed by atoms with E-state index in [4.69, 9.17) is 15.6 Å². The minimum atomic E-state index is -2.05. The molecular weight excluding hydrogens is 284 g/mol. The molecule has 121 valence electrons. The van der Waals surface area contributed by atoms with Crippen LogP contribution >= 0.6 is 0 Å². The number of hydrogen-bond acceptors (Lipinski definition) is 4. The van der Waals surface area contributed by atoms with E-state index in [1.54, 1.807) is 0 Å². The van der Waals surface area contributed by atoms with Crippen LogP contribution in [0.3, 0.4) is 0 Å². The number of rotatable bonds is 6. The molecular formula is C16H29O4Si.